The summed E-state index contributed by atoms with van der Waals surface area (Å²) in [5.74, 6) is 1.16. The lowest BCUT2D eigenvalue weighted by molar-refractivity contribution is 0.280. The molecule has 0 spiro atoms. The molecule has 0 unspecified atom stereocenters. The van der Waals surface area contributed by atoms with E-state index >= 15 is 0 Å². The van der Waals surface area contributed by atoms with Crippen molar-refractivity contribution >= 4 is 15.9 Å². The maximum absolute atomic E-state index is 13.1. The monoisotopic (exact) mass is 437 g/mol. The van der Waals surface area contributed by atoms with Gasteiger partial charge in [0.2, 0.25) is 0 Å². The van der Waals surface area contributed by atoms with E-state index in [0.717, 1.165) is 27.9 Å². The van der Waals surface area contributed by atoms with Crippen molar-refractivity contribution in [2.75, 3.05) is 13.7 Å². The quantitative estimate of drug-likeness (QED) is 0.398. The molecule has 2 aromatic carbocycles. The first kappa shape index (κ1) is 21.7. The van der Waals surface area contributed by atoms with Crippen molar-refractivity contribution in [3.63, 3.8) is 0 Å². The van der Waals surface area contributed by atoms with E-state index < -0.39 is 0 Å². The van der Waals surface area contributed by atoms with Crippen LogP contribution < -0.4 is 14.8 Å². The van der Waals surface area contributed by atoms with E-state index in [2.05, 4.69) is 28.2 Å². The van der Waals surface area contributed by atoms with Crippen molar-refractivity contribution in [1.82, 2.24) is 5.32 Å². The highest BCUT2D eigenvalue weighted by atomic mass is 79.9. The molecule has 27 heavy (non-hydrogen) atoms. The van der Waals surface area contributed by atoms with Crippen molar-refractivity contribution in [3.8, 4) is 11.5 Å². The van der Waals surface area contributed by atoms with Gasteiger partial charge in [0.05, 0.1) is 7.11 Å². The Bertz CT molecular complexity index is 691. The molecule has 5 heteroatoms. The van der Waals surface area contributed by atoms with Crippen LogP contribution in [0.2, 0.25) is 0 Å². The number of nitrogens with one attached hydrogen (secondary N) is 1. The van der Waals surface area contributed by atoms with Crippen LogP contribution in [0.4, 0.5) is 4.39 Å². The second-order valence-corrected chi connectivity index (χ2v) is 7.42. The molecular weight excluding hydrogens is 409 g/mol. The van der Waals surface area contributed by atoms with Crippen molar-refractivity contribution in [1.29, 1.82) is 0 Å². The minimum absolute atomic E-state index is 0.248. The first-order chi connectivity index (χ1) is 13.2. The molecule has 0 aliphatic rings. The molecule has 1 N–H and O–H groups in total. The molecule has 0 saturated carbocycles. The molecule has 0 radical (unpaired) electrons. The molecule has 0 aliphatic heterocycles. The van der Waals surface area contributed by atoms with Gasteiger partial charge in [-0.2, -0.15) is 0 Å². The molecule has 0 amide bonds. The molecule has 148 valence electrons. The van der Waals surface area contributed by atoms with Crippen molar-refractivity contribution in [2.24, 2.45) is 0 Å². The Labute approximate surface area is 170 Å². The van der Waals surface area contributed by atoms with Crippen LogP contribution in [0.5, 0.6) is 11.5 Å². The normalized spacial score (nSPS) is 10.8. The molecule has 0 bridgehead atoms. The van der Waals surface area contributed by atoms with Crippen LogP contribution >= 0.6 is 15.9 Å². The SMILES string of the molecule is CCCCCCCNCc1c(Br)ccc(OC)c1OCc1ccc(F)cc1. The molecule has 0 fully saturated rings. The van der Waals surface area contributed by atoms with Crippen LogP contribution in [-0.2, 0) is 13.2 Å². The van der Waals surface area contributed by atoms with Gasteiger partial charge in [0.15, 0.2) is 11.5 Å². The van der Waals surface area contributed by atoms with Gasteiger partial charge in [-0.3, -0.25) is 0 Å². The maximum atomic E-state index is 13.1. The first-order valence-corrected chi connectivity index (χ1v) is 10.4. The predicted molar refractivity (Wildman–Crippen MR) is 112 cm³/mol. The lowest BCUT2D eigenvalue weighted by atomic mass is 10.1. The topological polar surface area (TPSA) is 30.5 Å². The Balaban J connectivity index is 1.99. The van der Waals surface area contributed by atoms with E-state index in [9.17, 15) is 4.39 Å². The molecule has 0 saturated heterocycles. The summed E-state index contributed by atoms with van der Waals surface area (Å²) in [7, 11) is 1.64. The van der Waals surface area contributed by atoms with Crippen molar-refractivity contribution in [3.05, 3.63) is 57.8 Å². The van der Waals surface area contributed by atoms with Gasteiger partial charge >= 0.3 is 0 Å². The van der Waals surface area contributed by atoms with E-state index in [1.807, 2.05) is 12.1 Å². The van der Waals surface area contributed by atoms with Crippen LogP contribution in [0.25, 0.3) is 0 Å². The fourth-order valence-corrected chi connectivity index (χ4v) is 3.32. The van der Waals surface area contributed by atoms with Crippen LogP contribution in [0.3, 0.4) is 0 Å². The zero-order valence-corrected chi connectivity index (χ0v) is 17.8. The summed E-state index contributed by atoms with van der Waals surface area (Å²) in [5.41, 5.74) is 1.94. The van der Waals surface area contributed by atoms with Crippen LogP contribution in [-0.4, -0.2) is 13.7 Å². The number of methoxy groups -OCH3 is 1. The fourth-order valence-electron chi connectivity index (χ4n) is 2.87. The highest BCUT2D eigenvalue weighted by Crippen LogP contribution is 2.36. The summed E-state index contributed by atoms with van der Waals surface area (Å²) in [6, 6.07) is 10.2. The van der Waals surface area contributed by atoms with E-state index in [4.69, 9.17) is 9.47 Å². The van der Waals surface area contributed by atoms with E-state index in [1.54, 1.807) is 19.2 Å². The van der Waals surface area contributed by atoms with Gasteiger partial charge in [0.1, 0.15) is 12.4 Å². The summed E-state index contributed by atoms with van der Waals surface area (Å²) in [5, 5.41) is 3.50. The Morgan fingerprint density at radius 3 is 2.44 bits per heavy atom. The number of halogens is 2. The predicted octanol–water partition coefficient (Wildman–Crippen LogP) is 6.24. The third-order valence-corrected chi connectivity index (χ3v) is 5.19. The minimum Gasteiger partial charge on any atom is -0.493 e. The zero-order valence-electron chi connectivity index (χ0n) is 16.2. The second kappa shape index (κ2) is 12.0. The highest BCUT2D eigenvalue weighted by Gasteiger charge is 2.14. The summed E-state index contributed by atoms with van der Waals surface area (Å²) < 4.78 is 25.6. The third kappa shape index (κ3) is 7.15. The first-order valence-electron chi connectivity index (χ1n) is 9.59. The second-order valence-electron chi connectivity index (χ2n) is 6.56. The number of hydrogen-bond donors (Lipinski definition) is 1. The lowest BCUT2D eigenvalue weighted by Crippen LogP contribution is -2.16. The Kier molecular flexibility index (Phi) is 9.64. The van der Waals surface area contributed by atoms with Crippen LogP contribution in [0.15, 0.2) is 40.9 Å². The molecular formula is C22H29BrFNO2. The Hall–Kier alpha value is -1.59. The van der Waals surface area contributed by atoms with Crippen LogP contribution in [0.1, 0.15) is 50.2 Å². The third-order valence-electron chi connectivity index (χ3n) is 4.44. The molecule has 0 aliphatic carbocycles. The van der Waals surface area contributed by atoms with Gasteiger partial charge in [-0.15, -0.1) is 0 Å². The fraction of sp³-hybridized carbons (Fsp3) is 0.455. The number of ether oxygens (including phenoxy) is 2. The van der Waals surface area contributed by atoms with E-state index in [0.29, 0.717) is 18.9 Å². The zero-order chi connectivity index (χ0) is 19.5. The average molecular weight is 438 g/mol. The van der Waals surface area contributed by atoms with Crippen molar-refractivity contribution < 1.29 is 13.9 Å². The van der Waals surface area contributed by atoms with E-state index in [-0.39, 0.29) is 5.82 Å². The van der Waals surface area contributed by atoms with Gasteiger partial charge in [0.25, 0.3) is 0 Å². The summed E-state index contributed by atoms with van der Waals surface area (Å²) in [6.45, 7) is 4.26. The van der Waals surface area contributed by atoms with Gasteiger partial charge < -0.3 is 14.8 Å². The lowest BCUT2D eigenvalue weighted by Gasteiger charge is -2.17. The van der Waals surface area contributed by atoms with Crippen LogP contribution in [0, 0.1) is 5.82 Å². The van der Waals surface area contributed by atoms with Gasteiger partial charge in [-0.05, 0) is 42.8 Å². The smallest absolute Gasteiger partial charge is 0.167 e. The van der Waals surface area contributed by atoms with Gasteiger partial charge in [-0.1, -0.05) is 60.7 Å². The average Bonchev–Trinajstić information content (AvgIpc) is 2.68. The molecule has 2 rings (SSSR count). The minimum atomic E-state index is -0.248. The number of hydrogen-bond acceptors (Lipinski definition) is 3. The summed E-state index contributed by atoms with van der Waals surface area (Å²) >= 11 is 3.62. The number of rotatable bonds is 12. The standard InChI is InChI=1S/C22H29BrFNO2/c1-3-4-5-6-7-14-25-15-19-20(23)12-13-21(26-2)22(19)27-16-17-8-10-18(24)11-9-17/h8-13,25H,3-7,14-16H2,1-2H3. The Morgan fingerprint density at radius 1 is 1.00 bits per heavy atom. The number of benzene rings is 2. The van der Waals surface area contributed by atoms with Crippen molar-refractivity contribution in [2.45, 2.75) is 52.2 Å². The summed E-state index contributed by atoms with van der Waals surface area (Å²) in [6.07, 6.45) is 6.30. The van der Waals surface area contributed by atoms with Gasteiger partial charge in [0, 0.05) is 16.6 Å². The molecule has 0 atom stereocenters. The molecule has 0 heterocycles. The van der Waals surface area contributed by atoms with E-state index in [1.165, 1.54) is 44.2 Å². The Morgan fingerprint density at radius 2 is 1.74 bits per heavy atom. The molecule has 3 nitrogen and oxygen atoms in total. The largest absolute Gasteiger partial charge is 0.493 e. The summed E-state index contributed by atoms with van der Waals surface area (Å²) in [4.78, 5) is 0. The maximum Gasteiger partial charge on any atom is 0.167 e. The molecule has 0 aromatic heterocycles. The molecule has 2 aromatic rings. The highest BCUT2D eigenvalue weighted by molar-refractivity contribution is 9.10. The number of unbranched alkanes of at least 4 members (excludes halogenated alkanes) is 4. The van der Waals surface area contributed by atoms with Gasteiger partial charge in [-0.25, -0.2) is 4.39 Å².